The molecule has 0 amide bonds. The van der Waals surface area contributed by atoms with E-state index < -0.39 is 0 Å². The van der Waals surface area contributed by atoms with Gasteiger partial charge in [0.2, 0.25) is 0 Å². The molecule has 0 heterocycles. The van der Waals surface area contributed by atoms with Gasteiger partial charge in [-0.3, -0.25) is 0 Å². The average molecular weight is 182 g/mol. The molecule has 0 aromatic heterocycles. The molecule has 0 unspecified atom stereocenters. The molecule has 0 saturated carbocycles. The minimum absolute atomic E-state index is 0.572. The summed E-state index contributed by atoms with van der Waals surface area (Å²) in [5.41, 5.74) is 0. The van der Waals surface area contributed by atoms with Gasteiger partial charge in [-0.25, -0.2) is 0 Å². The Morgan fingerprint density at radius 1 is 1.23 bits per heavy atom. The minimum atomic E-state index is 0.572. The zero-order chi connectivity index (χ0) is 9.68. The lowest BCUT2D eigenvalue weighted by molar-refractivity contribution is 0.113. The van der Waals surface area contributed by atoms with Crippen LogP contribution in [0, 0.1) is 11.8 Å². The first-order chi connectivity index (χ1) is 6.24. The number of hydrogen-bond acceptors (Lipinski definition) is 2. The van der Waals surface area contributed by atoms with Crippen LogP contribution in [0.2, 0.25) is 0 Å². The van der Waals surface area contributed by atoms with E-state index in [-0.39, 0.29) is 0 Å². The Balaban J connectivity index is 2.35. The standard InChI is InChI=1S/C11H18O2/c1-9-4-5-11(8-10(9)2)13-7-6-12-3/h4-5,8-10H,6-7H2,1-3H3/t9-,10+/m0/s1. The highest BCUT2D eigenvalue weighted by molar-refractivity contribution is 5.19. The molecule has 0 radical (unpaired) electrons. The summed E-state index contributed by atoms with van der Waals surface area (Å²) in [6.45, 7) is 5.69. The maximum Gasteiger partial charge on any atom is 0.115 e. The fraction of sp³-hybridized carbons (Fsp3) is 0.636. The minimum Gasteiger partial charge on any atom is -0.492 e. The summed E-state index contributed by atoms with van der Waals surface area (Å²) >= 11 is 0. The van der Waals surface area contributed by atoms with Crippen molar-refractivity contribution in [3.05, 3.63) is 24.0 Å². The van der Waals surface area contributed by atoms with Crippen LogP contribution in [0.25, 0.3) is 0 Å². The van der Waals surface area contributed by atoms with Crippen molar-refractivity contribution in [2.75, 3.05) is 20.3 Å². The lowest BCUT2D eigenvalue weighted by Gasteiger charge is -2.19. The molecule has 1 aliphatic carbocycles. The van der Waals surface area contributed by atoms with Crippen LogP contribution in [-0.4, -0.2) is 20.3 Å². The lowest BCUT2D eigenvalue weighted by atomic mass is 9.91. The van der Waals surface area contributed by atoms with Gasteiger partial charge in [-0.1, -0.05) is 19.9 Å². The van der Waals surface area contributed by atoms with Crippen molar-refractivity contribution in [2.24, 2.45) is 11.8 Å². The van der Waals surface area contributed by atoms with E-state index in [4.69, 9.17) is 9.47 Å². The Morgan fingerprint density at radius 2 is 2.00 bits per heavy atom. The normalized spacial score (nSPS) is 27.2. The van der Waals surface area contributed by atoms with Crippen molar-refractivity contribution >= 4 is 0 Å². The highest BCUT2D eigenvalue weighted by Crippen LogP contribution is 2.22. The number of methoxy groups -OCH3 is 1. The van der Waals surface area contributed by atoms with Gasteiger partial charge in [-0.05, 0) is 24.0 Å². The first-order valence-corrected chi connectivity index (χ1v) is 4.76. The summed E-state index contributed by atoms with van der Waals surface area (Å²) in [7, 11) is 1.68. The number of ether oxygens (including phenoxy) is 2. The Bertz CT molecular complexity index is 206. The van der Waals surface area contributed by atoms with Crippen molar-refractivity contribution in [3.8, 4) is 0 Å². The highest BCUT2D eigenvalue weighted by Gasteiger charge is 2.12. The number of hydrogen-bond donors (Lipinski definition) is 0. The third-order valence-electron chi connectivity index (χ3n) is 2.38. The molecular weight excluding hydrogens is 164 g/mol. The average Bonchev–Trinajstić information content (AvgIpc) is 2.12. The summed E-state index contributed by atoms with van der Waals surface area (Å²) < 4.78 is 10.4. The molecule has 0 fully saturated rings. The highest BCUT2D eigenvalue weighted by atomic mass is 16.5. The molecule has 0 aromatic rings. The first-order valence-electron chi connectivity index (χ1n) is 4.76. The molecule has 13 heavy (non-hydrogen) atoms. The Labute approximate surface area is 80.2 Å². The molecule has 2 nitrogen and oxygen atoms in total. The Hall–Kier alpha value is -0.760. The van der Waals surface area contributed by atoms with Crippen molar-refractivity contribution in [1.82, 2.24) is 0 Å². The van der Waals surface area contributed by atoms with Crippen LogP contribution < -0.4 is 0 Å². The van der Waals surface area contributed by atoms with Crippen LogP contribution in [0.3, 0.4) is 0 Å². The van der Waals surface area contributed by atoms with Gasteiger partial charge in [0.05, 0.1) is 6.61 Å². The van der Waals surface area contributed by atoms with Crippen LogP contribution in [-0.2, 0) is 9.47 Å². The molecular formula is C11H18O2. The summed E-state index contributed by atoms with van der Waals surface area (Å²) in [4.78, 5) is 0. The Morgan fingerprint density at radius 3 is 2.62 bits per heavy atom. The summed E-state index contributed by atoms with van der Waals surface area (Å²) in [5.74, 6) is 2.17. The van der Waals surface area contributed by atoms with E-state index in [1.54, 1.807) is 7.11 Å². The van der Waals surface area contributed by atoms with Gasteiger partial charge in [0.25, 0.3) is 0 Å². The van der Waals surface area contributed by atoms with E-state index in [1.165, 1.54) is 0 Å². The molecule has 0 saturated heterocycles. The zero-order valence-corrected chi connectivity index (χ0v) is 8.62. The first kappa shape index (κ1) is 10.3. The fourth-order valence-electron chi connectivity index (χ4n) is 1.23. The van der Waals surface area contributed by atoms with E-state index in [2.05, 4.69) is 26.0 Å². The molecule has 74 valence electrons. The maximum absolute atomic E-state index is 5.49. The van der Waals surface area contributed by atoms with Crippen LogP contribution in [0.5, 0.6) is 0 Å². The van der Waals surface area contributed by atoms with Crippen molar-refractivity contribution in [1.29, 1.82) is 0 Å². The van der Waals surface area contributed by atoms with Gasteiger partial charge in [0.1, 0.15) is 12.4 Å². The third kappa shape index (κ3) is 3.23. The van der Waals surface area contributed by atoms with Gasteiger partial charge in [0, 0.05) is 7.11 Å². The fourth-order valence-corrected chi connectivity index (χ4v) is 1.23. The van der Waals surface area contributed by atoms with Crippen molar-refractivity contribution in [2.45, 2.75) is 13.8 Å². The second-order valence-electron chi connectivity index (χ2n) is 3.49. The van der Waals surface area contributed by atoms with Crippen LogP contribution in [0.1, 0.15) is 13.8 Å². The smallest absolute Gasteiger partial charge is 0.115 e. The summed E-state index contributed by atoms with van der Waals surface area (Å²) in [5, 5.41) is 0. The molecule has 0 aliphatic heterocycles. The molecule has 0 bridgehead atoms. The van der Waals surface area contributed by atoms with Crippen LogP contribution in [0.15, 0.2) is 24.0 Å². The summed E-state index contributed by atoms with van der Waals surface area (Å²) in [6.07, 6.45) is 6.40. The van der Waals surface area contributed by atoms with E-state index in [9.17, 15) is 0 Å². The SMILES string of the molecule is COCCOC1=C[C@@H](C)[C@@H](C)C=C1. The predicted octanol–water partition coefficient (Wildman–Crippen LogP) is 2.38. The van der Waals surface area contributed by atoms with E-state index in [0.29, 0.717) is 25.0 Å². The topological polar surface area (TPSA) is 18.5 Å². The monoisotopic (exact) mass is 182 g/mol. The van der Waals surface area contributed by atoms with Crippen LogP contribution >= 0.6 is 0 Å². The molecule has 0 spiro atoms. The quantitative estimate of drug-likeness (QED) is 0.621. The third-order valence-corrected chi connectivity index (χ3v) is 2.38. The largest absolute Gasteiger partial charge is 0.492 e. The summed E-state index contributed by atoms with van der Waals surface area (Å²) in [6, 6.07) is 0. The van der Waals surface area contributed by atoms with E-state index in [0.717, 1.165) is 5.76 Å². The van der Waals surface area contributed by atoms with Crippen molar-refractivity contribution < 1.29 is 9.47 Å². The van der Waals surface area contributed by atoms with Gasteiger partial charge in [-0.15, -0.1) is 0 Å². The van der Waals surface area contributed by atoms with E-state index in [1.807, 2.05) is 6.08 Å². The predicted molar refractivity (Wildman–Crippen MR) is 53.4 cm³/mol. The Kier molecular flexibility index (Phi) is 4.03. The molecule has 2 heteroatoms. The molecule has 0 aromatic carbocycles. The van der Waals surface area contributed by atoms with E-state index >= 15 is 0 Å². The lowest BCUT2D eigenvalue weighted by Crippen LogP contribution is -2.09. The maximum atomic E-state index is 5.49. The van der Waals surface area contributed by atoms with Crippen molar-refractivity contribution in [3.63, 3.8) is 0 Å². The van der Waals surface area contributed by atoms with Gasteiger partial charge >= 0.3 is 0 Å². The second kappa shape index (κ2) is 5.07. The van der Waals surface area contributed by atoms with Crippen LogP contribution in [0.4, 0.5) is 0 Å². The van der Waals surface area contributed by atoms with Gasteiger partial charge in [-0.2, -0.15) is 0 Å². The zero-order valence-electron chi connectivity index (χ0n) is 8.62. The van der Waals surface area contributed by atoms with Gasteiger partial charge in [0.15, 0.2) is 0 Å². The second-order valence-corrected chi connectivity index (χ2v) is 3.49. The van der Waals surface area contributed by atoms with Gasteiger partial charge < -0.3 is 9.47 Å². The molecule has 1 aliphatic rings. The molecule has 0 N–H and O–H groups in total. The number of rotatable bonds is 4. The molecule has 1 rings (SSSR count). The molecule has 2 atom stereocenters. The number of allylic oxidation sites excluding steroid dienone is 3.